The van der Waals surface area contributed by atoms with Crippen LogP contribution in [0.3, 0.4) is 0 Å². The van der Waals surface area contributed by atoms with Crippen LogP contribution in [-0.2, 0) is 11.2 Å². The topological polar surface area (TPSA) is 32.3 Å². The molecule has 1 amide bonds. The number of amides is 1. The zero-order valence-corrected chi connectivity index (χ0v) is 16.8. The minimum atomic E-state index is -0.175. The Labute approximate surface area is 158 Å². The normalized spacial score (nSPS) is 12.1. The Kier molecular flexibility index (Phi) is 7.26. The molecule has 140 valence electrons. The molecule has 0 bridgehead atoms. The van der Waals surface area contributed by atoms with Crippen molar-refractivity contribution in [3.63, 3.8) is 0 Å². The lowest BCUT2D eigenvalue weighted by Gasteiger charge is -2.21. The molecule has 0 aliphatic heterocycles. The SMILES string of the molecule is CCN(CC)c1ccc(NC(=O)C(C)c2ccc(CC(C)C)cc2)cc1. The van der Waals surface area contributed by atoms with Crippen LogP contribution in [0.4, 0.5) is 11.4 Å². The Balaban J connectivity index is 2.00. The summed E-state index contributed by atoms with van der Waals surface area (Å²) in [5, 5.41) is 3.03. The highest BCUT2D eigenvalue weighted by atomic mass is 16.1. The Morgan fingerprint density at radius 2 is 1.50 bits per heavy atom. The van der Waals surface area contributed by atoms with Crippen molar-refractivity contribution >= 4 is 17.3 Å². The number of carbonyl (C=O) groups is 1. The molecule has 3 heteroatoms. The van der Waals surface area contributed by atoms with Gasteiger partial charge in [0.1, 0.15) is 0 Å². The number of benzene rings is 2. The van der Waals surface area contributed by atoms with Gasteiger partial charge in [-0.05, 0) is 68.5 Å². The first kappa shape index (κ1) is 20.0. The van der Waals surface area contributed by atoms with Crippen LogP contribution in [0.15, 0.2) is 48.5 Å². The van der Waals surface area contributed by atoms with Gasteiger partial charge in [0.15, 0.2) is 0 Å². The molecule has 0 radical (unpaired) electrons. The van der Waals surface area contributed by atoms with Gasteiger partial charge in [-0.25, -0.2) is 0 Å². The van der Waals surface area contributed by atoms with Gasteiger partial charge >= 0.3 is 0 Å². The summed E-state index contributed by atoms with van der Waals surface area (Å²) >= 11 is 0. The third-order valence-electron chi connectivity index (χ3n) is 4.78. The van der Waals surface area contributed by atoms with E-state index >= 15 is 0 Å². The van der Waals surface area contributed by atoms with Crippen LogP contribution in [0.2, 0.25) is 0 Å². The molecule has 0 aliphatic carbocycles. The van der Waals surface area contributed by atoms with Crippen LogP contribution in [0.1, 0.15) is 51.7 Å². The lowest BCUT2D eigenvalue weighted by molar-refractivity contribution is -0.117. The van der Waals surface area contributed by atoms with E-state index in [4.69, 9.17) is 0 Å². The van der Waals surface area contributed by atoms with E-state index in [-0.39, 0.29) is 11.8 Å². The summed E-state index contributed by atoms with van der Waals surface area (Å²) in [6.45, 7) is 12.6. The summed E-state index contributed by atoms with van der Waals surface area (Å²) < 4.78 is 0. The first-order valence-electron chi connectivity index (χ1n) is 9.69. The summed E-state index contributed by atoms with van der Waals surface area (Å²) in [6, 6.07) is 16.5. The molecule has 3 nitrogen and oxygen atoms in total. The van der Waals surface area contributed by atoms with E-state index in [1.54, 1.807) is 0 Å². The highest BCUT2D eigenvalue weighted by Crippen LogP contribution is 2.22. The molecule has 2 rings (SSSR count). The van der Waals surface area contributed by atoms with Crippen molar-refractivity contribution in [2.75, 3.05) is 23.3 Å². The van der Waals surface area contributed by atoms with Gasteiger partial charge < -0.3 is 10.2 Å². The number of anilines is 2. The maximum Gasteiger partial charge on any atom is 0.231 e. The minimum Gasteiger partial charge on any atom is -0.372 e. The number of nitrogens with one attached hydrogen (secondary N) is 1. The van der Waals surface area contributed by atoms with Gasteiger partial charge in [-0.15, -0.1) is 0 Å². The van der Waals surface area contributed by atoms with Gasteiger partial charge in [-0.1, -0.05) is 38.1 Å². The molecular formula is C23H32N2O. The molecule has 1 atom stereocenters. The van der Waals surface area contributed by atoms with E-state index in [9.17, 15) is 4.79 Å². The monoisotopic (exact) mass is 352 g/mol. The molecule has 0 heterocycles. The number of rotatable bonds is 8. The highest BCUT2D eigenvalue weighted by molar-refractivity contribution is 5.95. The minimum absolute atomic E-state index is 0.0252. The molecule has 0 spiro atoms. The average molecular weight is 353 g/mol. The maximum absolute atomic E-state index is 12.6. The third-order valence-corrected chi connectivity index (χ3v) is 4.78. The number of hydrogen-bond donors (Lipinski definition) is 1. The lowest BCUT2D eigenvalue weighted by atomic mass is 9.96. The number of carbonyl (C=O) groups excluding carboxylic acids is 1. The lowest BCUT2D eigenvalue weighted by Crippen LogP contribution is -2.22. The predicted molar refractivity (Wildman–Crippen MR) is 112 cm³/mol. The van der Waals surface area contributed by atoms with E-state index in [1.807, 2.05) is 19.1 Å². The summed E-state index contributed by atoms with van der Waals surface area (Å²) in [5.74, 6) is 0.489. The van der Waals surface area contributed by atoms with Crippen LogP contribution < -0.4 is 10.2 Å². The van der Waals surface area contributed by atoms with Gasteiger partial charge in [0, 0.05) is 24.5 Å². The zero-order chi connectivity index (χ0) is 19.1. The first-order chi connectivity index (χ1) is 12.4. The molecular weight excluding hydrogens is 320 g/mol. The summed E-state index contributed by atoms with van der Waals surface area (Å²) in [6.07, 6.45) is 1.07. The average Bonchev–Trinajstić information content (AvgIpc) is 2.63. The predicted octanol–water partition coefficient (Wildman–Crippen LogP) is 5.47. The number of nitrogens with zero attached hydrogens (tertiary/aromatic N) is 1. The van der Waals surface area contributed by atoms with Crippen molar-refractivity contribution in [2.24, 2.45) is 5.92 Å². The van der Waals surface area contributed by atoms with Crippen molar-refractivity contribution in [2.45, 2.75) is 47.0 Å². The van der Waals surface area contributed by atoms with E-state index in [2.05, 4.69) is 74.3 Å². The van der Waals surface area contributed by atoms with Crippen LogP contribution in [0.5, 0.6) is 0 Å². The molecule has 0 saturated heterocycles. The van der Waals surface area contributed by atoms with Crippen molar-refractivity contribution in [3.8, 4) is 0 Å². The Bertz CT molecular complexity index is 685. The molecule has 0 aliphatic rings. The van der Waals surface area contributed by atoms with Crippen molar-refractivity contribution in [1.82, 2.24) is 0 Å². The molecule has 2 aromatic carbocycles. The molecule has 0 fully saturated rings. The molecule has 1 N–H and O–H groups in total. The van der Waals surface area contributed by atoms with Crippen molar-refractivity contribution in [1.29, 1.82) is 0 Å². The maximum atomic E-state index is 12.6. The molecule has 26 heavy (non-hydrogen) atoms. The second-order valence-electron chi connectivity index (χ2n) is 7.27. The molecule has 0 saturated carbocycles. The smallest absolute Gasteiger partial charge is 0.231 e. The van der Waals surface area contributed by atoms with Crippen LogP contribution >= 0.6 is 0 Å². The van der Waals surface area contributed by atoms with E-state index < -0.39 is 0 Å². The standard InChI is InChI=1S/C23H32N2O/c1-6-25(7-2)22-14-12-21(13-15-22)24-23(26)18(5)20-10-8-19(9-11-20)16-17(3)4/h8-15,17-18H,6-7,16H2,1-5H3,(H,24,26). The van der Waals surface area contributed by atoms with Gasteiger partial charge in [0.25, 0.3) is 0 Å². The van der Waals surface area contributed by atoms with E-state index in [1.165, 1.54) is 11.3 Å². The first-order valence-corrected chi connectivity index (χ1v) is 9.69. The van der Waals surface area contributed by atoms with Crippen molar-refractivity contribution in [3.05, 3.63) is 59.7 Å². The highest BCUT2D eigenvalue weighted by Gasteiger charge is 2.15. The fourth-order valence-corrected chi connectivity index (χ4v) is 3.16. The van der Waals surface area contributed by atoms with Gasteiger partial charge in [0.05, 0.1) is 5.92 Å². The molecule has 0 aromatic heterocycles. The zero-order valence-electron chi connectivity index (χ0n) is 16.8. The fraction of sp³-hybridized carbons (Fsp3) is 0.435. The van der Waals surface area contributed by atoms with Gasteiger partial charge in [-0.2, -0.15) is 0 Å². The third kappa shape index (κ3) is 5.35. The Hall–Kier alpha value is -2.29. The van der Waals surface area contributed by atoms with E-state index in [0.717, 1.165) is 30.8 Å². The van der Waals surface area contributed by atoms with Crippen molar-refractivity contribution < 1.29 is 4.79 Å². The van der Waals surface area contributed by atoms with Crippen LogP contribution in [-0.4, -0.2) is 19.0 Å². The van der Waals surface area contributed by atoms with Gasteiger partial charge in [0.2, 0.25) is 5.91 Å². The second-order valence-corrected chi connectivity index (χ2v) is 7.27. The van der Waals surface area contributed by atoms with E-state index in [0.29, 0.717) is 5.92 Å². The Morgan fingerprint density at radius 1 is 0.923 bits per heavy atom. The number of hydrogen-bond acceptors (Lipinski definition) is 2. The molecule has 1 unspecified atom stereocenters. The quantitative estimate of drug-likeness (QED) is 0.683. The van der Waals surface area contributed by atoms with Crippen LogP contribution in [0.25, 0.3) is 0 Å². The summed E-state index contributed by atoms with van der Waals surface area (Å²) in [5.41, 5.74) is 4.40. The molecule has 2 aromatic rings. The Morgan fingerprint density at radius 3 is 2.00 bits per heavy atom. The fourth-order valence-electron chi connectivity index (χ4n) is 3.16. The van der Waals surface area contributed by atoms with Gasteiger partial charge in [-0.3, -0.25) is 4.79 Å². The largest absolute Gasteiger partial charge is 0.372 e. The second kappa shape index (κ2) is 9.42. The summed E-state index contributed by atoms with van der Waals surface area (Å²) in [7, 11) is 0. The van der Waals surface area contributed by atoms with Crippen LogP contribution in [0, 0.1) is 5.92 Å². The summed E-state index contributed by atoms with van der Waals surface area (Å²) in [4.78, 5) is 14.9.